The van der Waals surface area contributed by atoms with Crippen LogP contribution in [-0.2, 0) is 6.54 Å². The molecule has 92 valence electrons. The zero-order valence-electron chi connectivity index (χ0n) is 9.94. The van der Waals surface area contributed by atoms with E-state index in [0.29, 0.717) is 12.6 Å². The third-order valence-electron chi connectivity index (χ3n) is 2.97. The van der Waals surface area contributed by atoms with Crippen molar-refractivity contribution in [3.8, 4) is 11.3 Å². The Morgan fingerprint density at radius 3 is 2.67 bits per heavy atom. The molecule has 1 aromatic carbocycles. The first-order chi connectivity index (χ1) is 8.81. The standard InChI is InChI=1S/C14H14FN3/c15-11-3-1-10(2-4-11)13-7-8-16-14(18-13)9-17-12-5-6-12/h1-4,7-8,12,17H,5-6,9H2. The summed E-state index contributed by atoms with van der Waals surface area (Å²) in [5.74, 6) is 0.548. The Morgan fingerprint density at radius 1 is 1.17 bits per heavy atom. The zero-order valence-corrected chi connectivity index (χ0v) is 9.94. The highest BCUT2D eigenvalue weighted by Crippen LogP contribution is 2.20. The summed E-state index contributed by atoms with van der Waals surface area (Å²) in [4.78, 5) is 8.71. The molecule has 2 aromatic rings. The molecule has 1 aliphatic carbocycles. The molecule has 1 N–H and O–H groups in total. The van der Waals surface area contributed by atoms with Crippen molar-refractivity contribution in [3.05, 3.63) is 48.2 Å². The molecular formula is C14H14FN3. The summed E-state index contributed by atoms with van der Waals surface area (Å²) in [6.07, 6.45) is 4.24. The van der Waals surface area contributed by atoms with E-state index in [1.54, 1.807) is 18.3 Å². The molecule has 1 aliphatic rings. The molecule has 3 nitrogen and oxygen atoms in total. The minimum Gasteiger partial charge on any atom is -0.307 e. The molecular weight excluding hydrogens is 229 g/mol. The molecule has 0 amide bonds. The van der Waals surface area contributed by atoms with Crippen molar-refractivity contribution in [3.63, 3.8) is 0 Å². The van der Waals surface area contributed by atoms with E-state index >= 15 is 0 Å². The Kier molecular flexibility index (Phi) is 3.02. The van der Waals surface area contributed by atoms with E-state index in [9.17, 15) is 4.39 Å². The number of halogens is 1. The Bertz CT molecular complexity index is 535. The third kappa shape index (κ3) is 2.71. The number of nitrogens with zero attached hydrogens (tertiary/aromatic N) is 2. The normalized spacial score (nSPS) is 14.7. The van der Waals surface area contributed by atoms with E-state index in [2.05, 4.69) is 15.3 Å². The van der Waals surface area contributed by atoms with Gasteiger partial charge >= 0.3 is 0 Å². The fourth-order valence-corrected chi connectivity index (χ4v) is 1.79. The molecule has 3 rings (SSSR count). The first-order valence-corrected chi connectivity index (χ1v) is 6.12. The van der Waals surface area contributed by atoms with Gasteiger partial charge in [0.1, 0.15) is 11.6 Å². The summed E-state index contributed by atoms with van der Waals surface area (Å²) < 4.78 is 12.9. The maximum atomic E-state index is 12.9. The molecule has 0 bridgehead atoms. The van der Waals surface area contributed by atoms with Crippen LogP contribution in [-0.4, -0.2) is 16.0 Å². The van der Waals surface area contributed by atoms with Crippen LogP contribution in [0.2, 0.25) is 0 Å². The molecule has 0 spiro atoms. The number of hydrogen-bond donors (Lipinski definition) is 1. The molecule has 18 heavy (non-hydrogen) atoms. The number of aromatic nitrogens is 2. The monoisotopic (exact) mass is 243 g/mol. The van der Waals surface area contributed by atoms with Crippen molar-refractivity contribution in [2.24, 2.45) is 0 Å². The summed E-state index contributed by atoms with van der Waals surface area (Å²) in [6.45, 7) is 0.694. The quantitative estimate of drug-likeness (QED) is 0.896. The van der Waals surface area contributed by atoms with Crippen molar-refractivity contribution in [2.75, 3.05) is 0 Å². The zero-order chi connectivity index (χ0) is 12.4. The lowest BCUT2D eigenvalue weighted by Crippen LogP contribution is -2.17. The Hall–Kier alpha value is -1.81. The lowest BCUT2D eigenvalue weighted by Gasteiger charge is -2.04. The molecule has 0 unspecified atom stereocenters. The Balaban J connectivity index is 1.78. The predicted molar refractivity (Wildman–Crippen MR) is 67.3 cm³/mol. The summed E-state index contributed by atoms with van der Waals surface area (Å²) in [5, 5.41) is 3.38. The van der Waals surface area contributed by atoms with Gasteiger partial charge in [0.2, 0.25) is 0 Å². The van der Waals surface area contributed by atoms with E-state index in [1.807, 2.05) is 6.07 Å². The topological polar surface area (TPSA) is 37.8 Å². The van der Waals surface area contributed by atoms with Gasteiger partial charge in [-0.25, -0.2) is 14.4 Å². The van der Waals surface area contributed by atoms with Crippen molar-refractivity contribution < 1.29 is 4.39 Å². The van der Waals surface area contributed by atoms with Gasteiger partial charge in [0.15, 0.2) is 0 Å². The number of hydrogen-bond acceptors (Lipinski definition) is 3. The van der Waals surface area contributed by atoms with Crippen LogP contribution in [0, 0.1) is 5.82 Å². The highest BCUT2D eigenvalue weighted by molar-refractivity contribution is 5.58. The number of benzene rings is 1. The Morgan fingerprint density at radius 2 is 1.94 bits per heavy atom. The van der Waals surface area contributed by atoms with Crippen molar-refractivity contribution >= 4 is 0 Å². The highest BCUT2D eigenvalue weighted by Gasteiger charge is 2.20. The molecule has 1 saturated carbocycles. The van der Waals surface area contributed by atoms with Crippen LogP contribution >= 0.6 is 0 Å². The molecule has 4 heteroatoms. The van der Waals surface area contributed by atoms with Crippen LogP contribution in [0.25, 0.3) is 11.3 Å². The average molecular weight is 243 g/mol. The first-order valence-electron chi connectivity index (χ1n) is 6.12. The summed E-state index contributed by atoms with van der Waals surface area (Å²) in [5.41, 5.74) is 1.74. The van der Waals surface area contributed by atoms with Crippen LogP contribution in [0.5, 0.6) is 0 Å². The lowest BCUT2D eigenvalue weighted by molar-refractivity contribution is 0.628. The first kappa shape index (κ1) is 11.3. The van der Waals surface area contributed by atoms with Gasteiger partial charge in [-0.05, 0) is 43.2 Å². The SMILES string of the molecule is Fc1ccc(-c2ccnc(CNC3CC3)n2)cc1. The molecule has 1 aromatic heterocycles. The maximum absolute atomic E-state index is 12.9. The molecule has 1 fully saturated rings. The molecule has 0 saturated heterocycles. The fourth-order valence-electron chi connectivity index (χ4n) is 1.79. The minimum absolute atomic E-state index is 0.233. The number of nitrogens with one attached hydrogen (secondary N) is 1. The number of rotatable bonds is 4. The Labute approximate surface area is 105 Å². The van der Waals surface area contributed by atoms with Gasteiger partial charge in [0, 0.05) is 17.8 Å². The second-order valence-corrected chi connectivity index (χ2v) is 4.52. The second-order valence-electron chi connectivity index (χ2n) is 4.52. The molecule has 0 aliphatic heterocycles. The lowest BCUT2D eigenvalue weighted by atomic mass is 10.1. The largest absolute Gasteiger partial charge is 0.307 e. The minimum atomic E-state index is -0.233. The highest BCUT2D eigenvalue weighted by atomic mass is 19.1. The fraction of sp³-hybridized carbons (Fsp3) is 0.286. The van der Waals surface area contributed by atoms with Gasteiger partial charge in [0.05, 0.1) is 12.2 Å². The maximum Gasteiger partial charge on any atom is 0.142 e. The van der Waals surface area contributed by atoms with Crippen molar-refractivity contribution in [1.29, 1.82) is 0 Å². The van der Waals surface area contributed by atoms with Crippen LogP contribution in [0.1, 0.15) is 18.7 Å². The summed E-state index contributed by atoms with van der Waals surface area (Å²) in [7, 11) is 0. The van der Waals surface area contributed by atoms with Gasteiger partial charge in [-0.2, -0.15) is 0 Å². The van der Waals surface area contributed by atoms with Crippen molar-refractivity contribution in [1.82, 2.24) is 15.3 Å². The summed E-state index contributed by atoms with van der Waals surface area (Å²) in [6, 6.07) is 8.83. The summed E-state index contributed by atoms with van der Waals surface area (Å²) >= 11 is 0. The van der Waals surface area contributed by atoms with E-state index in [-0.39, 0.29) is 5.82 Å². The van der Waals surface area contributed by atoms with Crippen LogP contribution in [0.15, 0.2) is 36.5 Å². The molecule has 0 radical (unpaired) electrons. The van der Waals surface area contributed by atoms with Gasteiger partial charge in [-0.1, -0.05) is 0 Å². The van der Waals surface area contributed by atoms with E-state index < -0.39 is 0 Å². The van der Waals surface area contributed by atoms with Gasteiger partial charge in [-0.15, -0.1) is 0 Å². The van der Waals surface area contributed by atoms with E-state index in [4.69, 9.17) is 0 Å². The van der Waals surface area contributed by atoms with Gasteiger partial charge in [0.25, 0.3) is 0 Å². The predicted octanol–water partition coefficient (Wildman–Crippen LogP) is 2.53. The molecule has 0 atom stereocenters. The van der Waals surface area contributed by atoms with E-state index in [1.165, 1.54) is 25.0 Å². The third-order valence-corrected chi connectivity index (χ3v) is 2.97. The molecule has 1 heterocycles. The van der Waals surface area contributed by atoms with Crippen molar-refractivity contribution in [2.45, 2.75) is 25.4 Å². The van der Waals surface area contributed by atoms with Crippen LogP contribution < -0.4 is 5.32 Å². The smallest absolute Gasteiger partial charge is 0.142 e. The van der Waals surface area contributed by atoms with Gasteiger partial charge in [-0.3, -0.25) is 0 Å². The van der Waals surface area contributed by atoms with E-state index in [0.717, 1.165) is 17.1 Å². The van der Waals surface area contributed by atoms with Gasteiger partial charge < -0.3 is 5.32 Å². The average Bonchev–Trinajstić information content (AvgIpc) is 3.22. The second kappa shape index (κ2) is 4.82. The van der Waals surface area contributed by atoms with Crippen LogP contribution in [0.4, 0.5) is 4.39 Å². The van der Waals surface area contributed by atoms with Crippen LogP contribution in [0.3, 0.4) is 0 Å².